The number of allylic oxidation sites excluding steroid dienone is 5. The lowest BCUT2D eigenvalue weighted by Gasteiger charge is -2.06. The third kappa shape index (κ3) is 3.22. The monoisotopic (exact) mass is 148 g/mol. The quantitative estimate of drug-likeness (QED) is 0.422. The molecule has 0 saturated heterocycles. The lowest BCUT2D eigenvalue weighted by molar-refractivity contribution is 0.781. The molecule has 0 saturated carbocycles. The topological polar surface area (TPSA) is 0 Å². The van der Waals surface area contributed by atoms with Crippen molar-refractivity contribution in [3.8, 4) is 0 Å². The molecule has 0 aromatic heterocycles. The number of hydrogen-bond donors (Lipinski definition) is 0. The third-order valence-corrected chi connectivity index (χ3v) is 2.01. The molecule has 0 atom stereocenters. The summed E-state index contributed by atoms with van der Waals surface area (Å²) in [5.74, 6) is 0. The van der Waals surface area contributed by atoms with Gasteiger partial charge in [0.2, 0.25) is 0 Å². The highest BCUT2D eigenvalue weighted by Crippen LogP contribution is 2.17. The summed E-state index contributed by atoms with van der Waals surface area (Å²) in [5, 5.41) is 0. The van der Waals surface area contributed by atoms with Crippen molar-refractivity contribution >= 4 is 0 Å². The summed E-state index contributed by atoms with van der Waals surface area (Å²) in [4.78, 5) is 0. The van der Waals surface area contributed by atoms with Crippen LogP contribution in [0.3, 0.4) is 0 Å². The van der Waals surface area contributed by atoms with E-state index in [2.05, 4.69) is 24.8 Å². The van der Waals surface area contributed by atoms with Crippen LogP contribution in [0.1, 0.15) is 32.1 Å². The van der Waals surface area contributed by atoms with Crippen LogP contribution in [0.2, 0.25) is 0 Å². The molecule has 0 amide bonds. The van der Waals surface area contributed by atoms with Crippen LogP contribution in [-0.4, -0.2) is 0 Å². The molecule has 0 heterocycles. The van der Waals surface area contributed by atoms with Crippen LogP contribution in [0.15, 0.2) is 36.5 Å². The standard InChI is InChI=1S/C11H16/c1-2-3-5-8-11-9-6-4-7-10-11/h2,4,6,9H,1,3,5,7-8,10H2. The fourth-order valence-electron chi connectivity index (χ4n) is 1.33. The van der Waals surface area contributed by atoms with Crippen LogP contribution in [0, 0.1) is 0 Å². The summed E-state index contributed by atoms with van der Waals surface area (Å²) >= 11 is 0. The van der Waals surface area contributed by atoms with Gasteiger partial charge in [-0.1, -0.05) is 29.9 Å². The predicted molar refractivity (Wildman–Crippen MR) is 50.5 cm³/mol. The average molecular weight is 148 g/mol. The largest absolute Gasteiger partial charge is 0.103 e. The molecular weight excluding hydrogens is 132 g/mol. The second-order valence-corrected chi connectivity index (χ2v) is 2.97. The van der Waals surface area contributed by atoms with E-state index in [4.69, 9.17) is 0 Å². The Morgan fingerprint density at radius 3 is 3.09 bits per heavy atom. The average Bonchev–Trinajstić information content (AvgIpc) is 2.07. The molecule has 0 fully saturated rings. The Morgan fingerprint density at radius 1 is 1.55 bits per heavy atom. The van der Waals surface area contributed by atoms with Crippen LogP contribution in [0.4, 0.5) is 0 Å². The van der Waals surface area contributed by atoms with Gasteiger partial charge in [-0.2, -0.15) is 0 Å². The molecule has 0 N–H and O–H groups in total. The normalized spacial score (nSPS) is 16.2. The molecule has 0 bridgehead atoms. The molecule has 0 aliphatic heterocycles. The Bertz CT molecular complexity index is 172. The molecule has 0 nitrogen and oxygen atoms in total. The summed E-state index contributed by atoms with van der Waals surface area (Å²) < 4.78 is 0. The first kappa shape index (κ1) is 8.32. The molecule has 0 unspecified atom stereocenters. The van der Waals surface area contributed by atoms with Gasteiger partial charge in [-0.3, -0.25) is 0 Å². The Hall–Kier alpha value is -0.780. The minimum atomic E-state index is 1.15. The van der Waals surface area contributed by atoms with E-state index < -0.39 is 0 Å². The highest BCUT2D eigenvalue weighted by molar-refractivity contribution is 5.17. The van der Waals surface area contributed by atoms with Crippen molar-refractivity contribution in [2.24, 2.45) is 0 Å². The Morgan fingerprint density at radius 2 is 2.45 bits per heavy atom. The summed E-state index contributed by atoms with van der Waals surface area (Å²) in [7, 11) is 0. The van der Waals surface area contributed by atoms with Gasteiger partial charge < -0.3 is 0 Å². The fraction of sp³-hybridized carbons (Fsp3) is 0.455. The lowest BCUT2D eigenvalue weighted by Crippen LogP contribution is -1.86. The maximum Gasteiger partial charge on any atom is -0.0282 e. The highest BCUT2D eigenvalue weighted by Gasteiger charge is 1.97. The van der Waals surface area contributed by atoms with E-state index in [-0.39, 0.29) is 0 Å². The molecule has 1 rings (SSSR count). The van der Waals surface area contributed by atoms with E-state index in [1.54, 1.807) is 5.57 Å². The van der Waals surface area contributed by atoms with E-state index in [1.165, 1.54) is 25.7 Å². The van der Waals surface area contributed by atoms with Crippen molar-refractivity contribution in [3.63, 3.8) is 0 Å². The van der Waals surface area contributed by atoms with Crippen LogP contribution < -0.4 is 0 Å². The third-order valence-electron chi connectivity index (χ3n) is 2.01. The first-order valence-electron chi connectivity index (χ1n) is 4.39. The van der Waals surface area contributed by atoms with E-state index in [0.29, 0.717) is 0 Å². The van der Waals surface area contributed by atoms with Gasteiger partial charge in [0.1, 0.15) is 0 Å². The van der Waals surface area contributed by atoms with Crippen LogP contribution in [0.5, 0.6) is 0 Å². The molecule has 0 heteroatoms. The first-order chi connectivity index (χ1) is 5.43. The van der Waals surface area contributed by atoms with Gasteiger partial charge in [-0.05, 0) is 32.1 Å². The molecule has 0 aromatic carbocycles. The fourth-order valence-corrected chi connectivity index (χ4v) is 1.33. The maximum atomic E-state index is 3.71. The van der Waals surface area contributed by atoms with Gasteiger partial charge in [0, 0.05) is 0 Å². The Labute approximate surface area is 69.3 Å². The van der Waals surface area contributed by atoms with E-state index in [9.17, 15) is 0 Å². The molecule has 60 valence electrons. The van der Waals surface area contributed by atoms with Crippen molar-refractivity contribution in [3.05, 3.63) is 36.5 Å². The molecule has 0 radical (unpaired) electrons. The predicted octanol–water partition coefficient (Wildman–Crippen LogP) is 3.62. The van der Waals surface area contributed by atoms with E-state index in [1.807, 2.05) is 6.08 Å². The number of hydrogen-bond acceptors (Lipinski definition) is 0. The van der Waals surface area contributed by atoms with E-state index in [0.717, 1.165) is 6.42 Å². The van der Waals surface area contributed by atoms with Gasteiger partial charge in [0.15, 0.2) is 0 Å². The summed E-state index contributed by atoms with van der Waals surface area (Å²) in [6.45, 7) is 3.71. The maximum absolute atomic E-state index is 3.71. The van der Waals surface area contributed by atoms with Gasteiger partial charge >= 0.3 is 0 Å². The summed E-state index contributed by atoms with van der Waals surface area (Å²) in [5.41, 5.74) is 1.61. The van der Waals surface area contributed by atoms with Crippen LogP contribution in [0.25, 0.3) is 0 Å². The molecular formula is C11H16. The SMILES string of the molecule is C=CCCCC1=CC=CCC1. The van der Waals surface area contributed by atoms with Crippen molar-refractivity contribution in [2.45, 2.75) is 32.1 Å². The molecule has 0 spiro atoms. The second kappa shape index (κ2) is 4.95. The Balaban J connectivity index is 2.19. The van der Waals surface area contributed by atoms with Gasteiger partial charge in [0.25, 0.3) is 0 Å². The van der Waals surface area contributed by atoms with Crippen molar-refractivity contribution in [1.82, 2.24) is 0 Å². The zero-order chi connectivity index (χ0) is 7.94. The number of unbranched alkanes of at least 4 members (excludes halogenated alkanes) is 1. The highest BCUT2D eigenvalue weighted by atomic mass is 14.0. The minimum absolute atomic E-state index is 1.15. The molecule has 1 aliphatic carbocycles. The van der Waals surface area contributed by atoms with Crippen molar-refractivity contribution in [1.29, 1.82) is 0 Å². The van der Waals surface area contributed by atoms with Gasteiger partial charge in [0.05, 0.1) is 0 Å². The minimum Gasteiger partial charge on any atom is -0.103 e. The molecule has 1 aliphatic rings. The zero-order valence-electron chi connectivity index (χ0n) is 7.05. The molecule has 0 aromatic rings. The van der Waals surface area contributed by atoms with Crippen molar-refractivity contribution in [2.75, 3.05) is 0 Å². The van der Waals surface area contributed by atoms with Crippen molar-refractivity contribution < 1.29 is 0 Å². The van der Waals surface area contributed by atoms with E-state index >= 15 is 0 Å². The van der Waals surface area contributed by atoms with Gasteiger partial charge in [-0.15, -0.1) is 6.58 Å². The lowest BCUT2D eigenvalue weighted by atomic mass is 10.00. The number of rotatable bonds is 4. The van der Waals surface area contributed by atoms with Crippen LogP contribution >= 0.6 is 0 Å². The summed E-state index contributed by atoms with van der Waals surface area (Å²) in [6.07, 6.45) is 14.9. The van der Waals surface area contributed by atoms with Crippen LogP contribution in [-0.2, 0) is 0 Å². The first-order valence-corrected chi connectivity index (χ1v) is 4.39. The van der Waals surface area contributed by atoms with Gasteiger partial charge in [-0.25, -0.2) is 0 Å². The smallest absolute Gasteiger partial charge is 0.0282 e. The Kier molecular flexibility index (Phi) is 3.74. The zero-order valence-corrected chi connectivity index (χ0v) is 7.05. The summed E-state index contributed by atoms with van der Waals surface area (Å²) in [6, 6.07) is 0. The molecule has 11 heavy (non-hydrogen) atoms. The second-order valence-electron chi connectivity index (χ2n) is 2.97.